The van der Waals surface area contributed by atoms with Gasteiger partial charge in [0.05, 0.1) is 5.56 Å². The van der Waals surface area contributed by atoms with Crippen LogP contribution < -0.4 is 0 Å². The highest BCUT2D eigenvalue weighted by Crippen LogP contribution is 2.16. The molecule has 2 rings (SSSR count). The number of likely N-dealkylation sites (N-methyl/N-ethyl adjacent to an activating group) is 2. The minimum atomic E-state index is -0.700. The lowest BCUT2D eigenvalue weighted by Crippen LogP contribution is -2.39. The van der Waals surface area contributed by atoms with Crippen molar-refractivity contribution < 1.29 is 9.18 Å². The molecule has 0 saturated carbocycles. The van der Waals surface area contributed by atoms with Crippen molar-refractivity contribution in [2.24, 2.45) is 0 Å². The third-order valence-corrected chi connectivity index (χ3v) is 3.49. The average molecular weight is 251 g/mol. The summed E-state index contributed by atoms with van der Waals surface area (Å²) in [7, 11) is 3.77. The highest BCUT2D eigenvalue weighted by molar-refractivity contribution is 5.93. The number of nitrogens with zero attached hydrogens (tertiary/aromatic N) is 3. The summed E-state index contributed by atoms with van der Waals surface area (Å²) in [6, 6.07) is 3.42. The fourth-order valence-corrected chi connectivity index (χ4v) is 2.36. The molecular formula is C13H18FN3O. The second-order valence-corrected chi connectivity index (χ2v) is 4.80. The van der Waals surface area contributed by atoms with Crippen molar-refractivity contribution in [1.82, 2.24) is 14.8 Å². The van der Waals surface area contributed by atoms with Crippen LogP contribution in [0.2, 0.25) is 0 Å². The van der Waals surface area contributed by atoms with E-state index in [0.29, 0.717) is 12.6 Å². The number of pyridine rings is 1. The van der Waals surface area contributed by atoms with Gasteiger partial charge >= 0.3 is 0 Å². The molecule has 0 N–H and O–H groups in total. The summed E-state index contributed by atoms with van der Waals surface area (Å²) < 4.78 is 13.4. The maximum atomic E-state index is 13.4. The summed E-state index contributed by atoms with van der Waals surface area (Å²) >= 11 is 0. The molecule has 0 aliphatic carbocycles. The SMILES string of the molecule is CN(CC1CCCN1C)C(=O)c1cccnc1F. The van der Waals surface area contributed by atoms with Crippen molar-refractivity contribution in [3.63, 3.8) is 0 Å². The maximum Gasteiger partial charge on any atom is 0.258 e. The van der Waals surface area contributed by atoms with Gasteiger partial charge in [0.2, 0.25) is 5.95 Å². The van der Waals surface area contributed by atoms with Crippen LogP contribution in [0.3, 0.4) is 0 Å². The van der Waals surface area contributed by atoms with E-state index in [9.17, 15) is 9.18 Å². The van der Waals surface area contributed by atoms with Crippen LogP contribution in [0.25, 0.3) is 0 Å². The lowest BCUT2D eigenvalue weighted by Gasteiger charge is -2.25. The van der Waals surface area contributed by atoms with Gasteiger partial charge in [0.15, 0.2) is 0 Å². The van der Waals surface area contributed by atoms with Gasteiger partial charge < -0.3 is 9.80 Å². The van der Waals surface area contributed by atoms with Crippen LogP contribution in [0.5, 0.6) is 0 Å². The van der Waals surface area contributed by atoms with Gasteiger partial charge in [-0.05, 0) is 38.6 Å². The predicted octanol–water partition coefficient (Wildman–Crippen LogP) is 1.39. The van der Waals surface area contributed by atoms with Crippen molar-refractivity contribution in [1.29, 1.82) is 0 Å². The molecule has 2 heterocycles. The van der Waals surface area contributed by atoms with Gasteiger partial charge in [-0.15, -0.1) is 0 Å². The molecule has 1 saturated heterocycles. The van der Waals surface area contributed by atoms with E-state index in [-0.39, 0.29) is 11.5 Å². The summed E-state index contributed by atoms with van der Waals surface area (Å²) in [5.41, 5.74) is 0.0423. The summed E-state index contributed by atoms with van der Waals surface area (Å²) in [4.78, 5) is 19.4. The molecule has 1 aliphatic rings. The summed E-state index contributed by atoms with van der Waals surface area (Å²) in [5.74, 6) is -1.00. The number of carbonyl (C=O) groups is 1. The van der Waals surface area contributed by atoms with E-state index in [1.807, 2.05) is 0 Å². The Hall–Kier alpha value is -1.49. The molecule has 4 nitrogen and oxygen atoms in total. The molecule has 0 spiro atoms. The number of likely N-dealkylation sites (tertiary alicyclic amines) is 1. The third-order valence-electron chi connectivity index (χ3n) is 3.49. The van der Waals surface area contributed by atoms with E-state index >= 15 is 0 Å². The Labute approximate surface area is 106 Å². The molecule has 1 unspecified atom stereocenters. The van der Waals surface area contributed by atoms with Crippen LogP contribution in [0, 0.1) is 5.95 Å². The van der Waals surface area contributed by atoms with Crippen molar-refractivity contribution in [2.45, 2.75) is 18.9 Å². The molecule has 1 amide bonds. The van der Waals surface area contributed by atoms with E-state index in [4.69, 9.17) is 0 Å². The predicted molar refractivity (Wildman–Crippen MR) is 66.8 cm³/mol. The van der Waals surface area contributed by atoms with E-state index < -0.39 is 5.95 Å². The van der Waals surface area contributed by atoms with Gasteiger partial charge in [0.1, 0.15) is 0 Å². The first-order valence-electron chi connectivity index (χ1n) is 6.16. The molecule has 0 radical (unpaired) electrons. The molecule has 1 atom stereocenters. The number of halogens is 1. The highest BCUT2D eigenvalue weighted by atomic mass is 19.1. The molecule has 98 valence electrons. The van der Waals surface area contributed by atoms with E-state index in [1.54, 1.807) is 18.0 Å². The summed E-state index contributed by atoms with van der Waals surface area (Å²) in [5, 5.41) is 0. The van der Waals surface area contributed by atoms with Gasteiger partial charge in [0, 0.05) is 25.8 Å². The first-order valence-corrected chi connectivity index (χ1v) is 6.16. The first-order chi connectivity index (χ1) is 8.59. The number of hydrogen-bond donors (Lipinski definition) is 0. The lowest BCUT2D eigenvalue weighted by molar-refractivity contribution is 0.0756. The van der Waals surface area contributed by atoms with Crippen LogP contribution in [-0.2, 0) is 0 Å². The monoisotopic (exact) mass is 251 g/mol. The van der Waals surface area contributed by atoms with Gasteiger partial charge in [-0.3, -0.25) is 4.79 Å². The van der Waals surface area contributed by atoms with Crippen LogP contribution in [0.15, 0.2) is 18.3 Å². The van der Waals surface area contributed by atoms with Gasteiger partial charge in [0.25, 0.3) is 5.91 Å². The van der Waals surface area contributed by atoms with Crippen molar-refractivity contribution >= 4 is 5.91 Å². The first kappa shape index (κ1) is 13.0. The molecular weight excluding hydrogens is 233 g/mol. The largest absolute Gasteiger partial charge is 0.340 e. The minimum absolute atomic E-state index is 0.0423. The molecule has 1 aromatic rings. The van der Waals surface area contributed by atoms with Crippen LogP contribution >= 0.6 is 0 Å². The van der Waals surface area contributed by atoms with Crippen molar-refractivity contribution in [3.8, 4) is 0 Å². The Morgan fingerprint density at radius 3 is 3.06 bits per heavy atom. The zero-order chi connectivity index (χ0) is 13.1. The van der Waals surface area contributed by atoms with Gasteiger partial charge in [-0.1, -0.05) is 0 Å². The highest BCUT2D eigenvalue weighted by Gasteiger charge is 2.25. The van der Waals surface area contributed by atoms with Crippen molar-refractivity contribution in [2.75, 3.05) is 27.2 Å². The molecule has 18 heavy (non-hydrogen) atoms. The Morgan fingerprint density at radius 2 is 2.44 bits per heavy atom. The van der Waals surface area contributed by atoms with Gasteiger partial charge in [-0.25, -0.2) is 4.98 Å². The molecule has 0 aromatic carbocycles. The minimum Gasteiger partial charge on any atom is -0.340 e. The lowest BCUT2D eigenvalue weighted by atomic mass is 10.2. The fraction of sp³-hybridized carbons (Fsp3) is 0.538. The quantitative estimate of drug-likeness (QED) is 0.762. The van der Waals surface area contributed by atoms with E-state index in [1.165, 1.54) is 12.3 Å². The van der Waals surface area contributed by atoms with E-state index in [2.05, 4.69) is 16.9 Å². The fourth-order valence-electron chi connectivity index (χ4n) is 2.36. The second-order valence-electron chi connectivity index (χ2n) is 4.80. The van der Waals surface area contributed by atoms with Crippen LogP contribution in [0.1, 0.15) is 23.2 Å². The molecule has 1 aromatic heterocycles. The van der Waals surface area contributed by atoms with Gasteiger partial charge in [-0.2, -0.15) is 4.39 Å². The molecule has 1 fully saturated rings. The zero-order valence-corrected chi connectivity index (χ0v) is 10.8. The normalized spacial score (nSPS) is 20.1. The van der Waals surface area contributed by atoms with Crippen LogP contribution in [0.4, 0.5) is 4.39 Å². The molecule has 5 heteroatoms. The number of hydrogen-bond acceptors (Lipinski definition) is 3. The smallest absolute Gasteiger partial charge is 0.258 e. The molecule has 0 bridgehead atoms. The van der Waals surface area contributed by atoms with Crippen LogP contribution in [-0.4, -0.2) is 53.9 Å². The van der Waals surface area contributed by atoms with Crippen molar-refractivity contribution in [3.05, 3.63) is 29.8 Å². The Balaban J connectivity index is 2.03. The third kappa shape index (κ3) is 2.67. The second kappa shape index (κ2) is 5.44. The average Bonchev–Trinajstić information content (AvgIpc) is 2.75. The number of amides is 1. The summed E-state index contributed by atoms with van der Waals surface area (Å²) in [6.07, 6.45) is 3.59. The number of carbonyl (C=O) groups excluding carboxylic acids is 1. The summed E-state index contributed by atoms with van der Waals surface area (Å²) in [6.45, 7) is 1.69. The van der Waals surface area contributed by atoms with E-state index in [0.717, 1.165) is 19.4 Å². The maximum absolute atomic E-state index is 13.4. The standard InChI is InChI=1S/C13H18FN3O/c1-16-8-4-5-10(16)9-17(2)13(18)11-6-3-7-15-12(11)14/h3,6-7,10H,4-5,8-9H2,1-2H3. The Kier molecular flexibility index (Phi) is 3.91. The zero-order valence-electron chi connectivity index (χ0n) is 10.8. The Morgan fingerprint density at radius 1 is 1.67 bits per heavy atom. The number of rotatable bonds is 3. The Bertz CT molecular complexity index is 438. The number of aromatic nitrogens is 1. The molecule has 1 aliphatic heterocycles. The topological polar surface area (TPSA) is 36.4 Å².